The number of hydrogen-bond donors (Lipinski definition) is 1. The Balaban J connectivity index is 1.68. The zero-order chi connectivity index (χ0) is 24.7. The Bertz CT molecular complexity index is 1440. The summed E-state index contributed by atoms with van der Waals surface area (Å²) in [6.45, 7) is 0. The largest absolute Gasteiger partial charge is 0.497 e. The van der Waals surface area contributed by atoms with Crippen LogP contribution in [0, 0.1) is 0 Å². The second kappa shape index (κ2) is 10.7. The van der Waals surface area contributed by atoms with Gasteiger partial charge in [0.25, 0.3) is 0 Å². The van der Waals surface area contributed by atoms with Crippen LogP contribution in [0.2, 0.25) is 0 Å². The Labute approximate surface area is 212 Å². The lowest BCUT2D eigenvalue weighted by Gasteiger charge is -2.15. The van der Waals surface area contributed by atoms with Gasteiger partial charge in [0.05, 0.1) is 25.6 Å². The molecule has 0 amide bonds. The highest BCUT2D eigenvalue weighted by molar-refractivity contribution is 5.85. The van der Waals surface area contributed by atoms with Crippen LogP contribution in [-0.4, -0.2) is 18.8 Å². The summed E-state index contributed by atoms with van der Waals surface area (Å²) >= 11 is 0. The summed E-state index contributed by atoms with van der Waals surface area (Å²) in [5.41, 5.74) is 7.43. The Hall–Kier alpha value is -4.70. The number of benzene rings is 4. The van der Waals surface area contributed by atoms with Gasteiger partial charge >= 0.3 is 0 Å². The zero-order valence-corrected chi connectivity index (χ0v) is 20.4. The molecule has 0 spiro atoms. The van der Waals surface area contributed by atoms with Crippen LogP contribution in [0.1, 0.15) is 11.3 Å². The lowest BCUT2D eigenvalue weighted by atomic mass is 10.1. The van der Waals surface area contributed by atoms with E-state index in [2.05, 4.69) is 76.6 Å². The number of nitrogens with one attached hydrogen (secondary N) is 1. The van der Waals surface area contributed by atoms with E-state index < -0.39 is 0 Å². The highest BCUT2D eigenvalue weighted by Crippen LogP contribution is 2.37. The Morgan fingerprint density at radius 2 is 1.22 bits per heavy atom. The third-order valence-electron chi connectivity index (χ3n) is 6.02. The smallest absolute Gasteiger partial charge is 0.119 e. The van der Waals surface area contributed by atoms with E-state index in [1.807, 2.05) is 60.7 Å². The molecule has 0 saturated carbocycles. The molecule has 0 aliphatic rings. The van der Waals surface area contributed by atoms with E-state index in [-0.39, 0.29) is 0 Å². The van der Waals surface area contributed by atoms with Crippen molar-refractivity contribution < 1.29 is 9.47 Å². The molecule has 0 atom stereocenters. The molecule has 0 radical (unpaired) electrons. The van der Waals surface area contributed by atoms with Gasteiger partial charge in [-0.2, -0.15) is 0 Å². The summed E-state index contributed by atoms with van der Waals surface area (Å²) in [4.78, 5) is 0. The number of rotatable bonds is 8. The molecule has 4 aromatic carbocycles. The van der Waals surface area contributed by atoms with Crippen molar-refractivity contribution in [1.82, 2.24) is 4.57 Å². The van der Waals surface area contributed by atoms with Crippen LogP contribution in [0.25, 0.3) is 29.1 Å². The lowest BCUT2D eigenvalue weighted by molar-refractivity contribution is 0.414. The van der Waals surface area contributed by atoms with Crippen LogP contribution in [0.3, 0.4) is 0 Å². The van der Waals surface area contributed by atoms with Crippen molar-refractivity contribution in [3.05, 3.63) is 127 Å². The summed E-state index contributed by atoms with van der Waals surface area (Å²) < 4.78 is 13.0. The summed E-state index contributed by atoms with van der Waals surface area (Å²) in [5, 5.41) is 3.64. The van der Waals surface area contributed by atoms with E-state index in [1.54, 1.807) is 14.2 Å². The molecule has 5 aromatic rings. The van der Waals surface area contributed by atoms with E-state index >= 15 is 0 Å². The molecule has 1 aromatic heterocycles. The van der Waals surface area contributed by atoms with Crippen molar-refractivity contribution in [3.8, 4) is 28.4 Å². The fourth-order valence-electron chi connectivity index (χ4n) is 4.21. The van der Waals surface area contributed by atoms with Gasteiger partial charge in [-0.1, -0.05) is 66.7 Å². The first-order valence-electron chi connectivity index (χ1n) is 11.8. The molecule has 0 aliphatic carbocycles. The number of ether oxygens (including phenoxy) is 2. The average Bonchev–Trinajstić information content (AvgIpc) is 3.31. The maximum atomic E-state index is 5.41. The third kappa shape index (κ3) is 5.03. The van der Waals surface area contributed by atoms with Crippen molar-refractivity contribution in [2.45, 2.75) is 0 Å². The molecule has 0 aliphatic heterocycles. The normalized spacial score (nSPS) is 10.9. The topological polar surface area (TPSA) is 35.4 Å². The quantitative estimate of drug-likeness (QED) is 0.248. The molecule has 4 nitrogen and oxygen atoms in total. The molecule has 0 saturated heterocycles. The summed E-state index contributed by atoms with van der Waals surface area (Å²) in [7, 11) is 3.36. The Morgan fingerprint density at radius 1 is 0.639 bits per heavy atom. The molecule has 178 valence electrons. The predicted molar refractivity (Wildman–Crippen MR) is 149 cm³/mol. The van der Waals surface area contributed by atoms with Crippen LogP contribution < -0.4 is 14.8 Å². The lowest BCUT2D eigenvalue weighted by Crippen LogP contribution is -2.01. The molecule has 1 heterocycles. The van der Waals surface area contributed by atoms with Crippen molar-refractivity contribution >= 4 is 23.5 Å². The molecular formula is C32H28N2O2. The van der Waals surface area contributed by atoms with Gasteiger partial charge in [-0.3, -0.25) is 0 Å². The van der Waals surface area contributed by atoms with E-state index in [0.29, 0.717) is 0 Å². The van der Waals surface area contributed by atoms with E-state index in [1.165, 1.54) is 0 Å². The number of methoxy groups -OCH3 is 2. The van der Waals surface area contributed by atoms with Crippen LogP contribution >= 0.6 is 0 Å². The minimum Gasteiger partial charge on any atom is -0.497 e. The van der Waals surface area contributed by atoms with Gasteiger partial charge in [-0.05, 0) is 66.2 Å². The SMILES string of the molecule is COc1ccc(Nc2cc(/C=C\c3ccccc3)n(-c3ccc(OC)cc3)c2-c2ccccc2)cc1. The molecule has 4 heteroatoms. The molecule has 36 heavy (non-hydrogen) atoms. The van der Waals surface area contributed by atoms with Gasteiger partial charge < -0.3 is 19.4 Å². The van der Waals surface area contributed by atoms with Crippen molar-refractivity contribution in [2.24, 2.45) is 0 Å². The number of aromatic nitrogens is 1. The van der Waals surface area contributed by atoms with Gasteiger partial charge in [0.15, 0.2) is 0 Å². The summed E-state index contributed by atoms with van der Waals surface area (Å²) in [6.07, 6.45) is 4.30. The first-order chi connectivity index (χ1) is 17.7. The first-order valence-corrected chi connectivity index (χ1v) is 11.8. The van der Waals surface area contributed by atoms with E-state index in [9.17, 15) is 0 Å². The predicted octanol–water partition coefficient (Wildman–Crippen LogP) is 8.08. The van der Waals surface area contributed by atoms with Crippen LogP contribution in [0.4, 0.5) is 11.4 Å². The zero-order valence-electron chi connectivity index (χ0n) is 20.4. The molecule has 0 fully saturated rings. The second-order valence-corrected chi connectivity index (χ2v) is 8.33. The van der Waals surface area contributed by atoms with Crippen molar-refractivity contribution in [2.75, 3.05) is 19.5 Å². The first kappa shape index (κ1) is 23.1. The van der Waals surface area contributed by atoms with Gasteiger partial charge in [0.1, 0.15) is 11.5 Å². The highest BCUT2D eigenvalue weighted by atomic mass is 16.5. The van der Waals surface area contributed by atoms with Gasteiger partial charge in [-0.25, -0.2) is 0 Å². The summed E-state index contributed by atoms with van der Waals surface area (Å²) in [6, 6.07) is 39.1. The van der Waals surface area contributed by atoms with Gasteiger partial charge in [0.2, 0.25) is 0 Å². The molecule has 1 N–H and O–H groups in total. The van der Waals surface area contributed by atoms with Gasteiger partial charge in [-0.15, -0.1) is 0 Å². The highest BCUT2D eigenvalue weighted by Gasteiger charge is 2.18. The maximum Gasteiger partial charge on any atom is 0.119 e. The average molecular weight is 473 g/mol. The number of hydrogen-bond acceptors (Lipinski definition) is 3. The minimum atomic E-state index is 0.824. The maximum absolute atomic E-state index is 5.41. The second-order valence-electron chi connectivity index (χ2n) is 8.33. The van der Waals surface area contributed by atoms with Gasteiger partial charge in [0, 0.05) is 22.6 Å². The number of anilines is 2. The monoisotopic (exact) mass is 472 g/mol. The van der Waals surface area contributed by atoms with Crippen molar-refractivity contribution in [3.63, 3.8) is 0 Å². The van der Waals surface area contributed by atoms with Crippen LogP contribution in [-0.2, 0) is 0 Å². The Morgan fingerprint density at radius 3 is 1.83 bits per heavy atom. The molecule has 5 rings (SSSR count). The fraction of sp³-hybridized carbons (Fsp3) is 0.0625. The summed E-state index contributed by atoms with van der Waals surface area (Å²) in [5.74, 6) is 1.65. The third-order valence-corrected chi connectivity index (χ3v) is 6.02. The van der Waals surface area contributed by atoms with E-state index in [0.717, 1.165) is 51.1 Å². The van der Waals surface area contributed by atoms with Crippen LogP contribution in [0.15, 0.2) is 115 Å². The Kier molecular flexibility index (Phi) is 6.86. The molecule has 0 unspecified atom stereocenters. The molecular weight excluding hydrogens is 444 g/mol. The van der Waals surface area contributed by atoms with Crippen molar-refractivity contribution in [1.29, 1.82) is 0 Å². The standard InChI is InChI=1S/C32H28N2O2/c1-35-29-19-14-26(15-20-29)33-31-23-28(16-13-24-9-5-3-6-10-24)34(27-17-21-30(36-2)22-18-27)32(31)25-11-7-4-8-12-25/h3-23,33H,1-2H3/b16-13-. The molecule has 0 bridgehead atoms. The minimum absolute atomic E-state index is 0.824. The van der Waals surface area contributed by atoms with Crippen LogP contribution in [0.5, 0.6) is 11.5 Å². The van der Waals surface area contributed by atoms with E-state index in [4.69, 9.17) is 9.47 Å². The number of nitrogens with zero attached hydrogens (tertiary/aromatic N) is 1. The fourth-order valence-corrected chi connectivity index (χ4v) is 4.21.